The van der Waals surface area contributed by atoms with Gasteiger partial charge in [0.1, 0.15) is 11.5 Å². The van der Waals surface area contributed by atoms with Gasteiger partial charge in [-0.05, 0) is 62.1 Å². The van der Waals surface area contributed by atoms with Gasteiger partial charge in [-0.15, -0.1) is 5.10 Å². The zero-order chi connectivity index (χ0) is 22.3. The molecule has 1 aromatic heterocycles. The van der Waals surface area contributed by atoms with E-state index in [-0.39, 0.29) is 23.8 Å². The molecule has 8 nitrogen and oxygen atoms in total. The van der Waals surface area contributed by atoms with E-state index < -0.39 is 12.5 Å². The largest absolute Gasteiger partial charge is 0.490 e. The summed E-state index contributed by atoms with van der Waals surface area (Å²) in [6, 6.07) is 12.9. The fourth-order valence-electron chi connectivity index (χ4n) is 3.42. The average molecular weight is 444 g/mol. The quantitative estimate of drug-likeness (QED) is 0.481. The maximum absolute atomic E-state index is 12.4. The monoisotopic (exact) mass is 444 g/mol. The molecular formula is C22H22F2N4O4. The van der Waals surface area contributed by atoms with Gasteiger partial charge in [-0.2, -0.15) is 8.78 Å². The zero-order valence-corrected chi connectivity index (χ0v) is 17.1. The van der Waals surface area contributed by atoms with Gasteiger partial charge in [0, 0.05) is 17.4 Å². The number of amides is 1. The average Bonchev–Trinajstić information content (AvgIpc) is 3.24. The van der Waals surface area contributed by atoms with Crippen LogP contribution in [0, 0.1) is 0 Å². The predicted molar refractivity (Wildman–Crippen MR) is 113 cm³/mol. The van der Waals surface area contributed by atoms with Gasteiger partial charge < -0.3 is 24.5 Å². The van der Waals surface area contributed by atoms with Crippen molar-refractivity contribution < 1.29 is 27.5 Å². The number of nitrogens with zero attached hydrogens (tertiary/aromatic N) is 2. The molecule has 10 heteroatoms. The number of carbonyl (C=O) groups is 1. The molecule has 32 heavy (non-hydrogen) atoms. The maximum atomic E-state index is 12.4. The summed E-state index contributed by atoms with van der Waals surface area (Å²) in [5.74, 6) is -0.105. The van der Waals surface area contributed by atoms with Crippen molar-refractivity contribution in [1.82, 2.24) is 10.2 Å². The normalized spacial score (nSPS) is 14.2. The fourth-order valence-corrected chi connectivity index (χ4v) is 3.42. The van der Waals surface area contributed by atoms with Gasteiger partial charge in [-0.1, -0.05) is 17.6 Å². The molecule has 0 unspecified atom stereocenters. The van der Waals surface area contributed by atoms with Crippen LogP contribution in [0.25, 0.3) is 0 Å². The lowest BCUT2D eigenvalue weighted by atomic mass is 9.98. The number of hydrogen-bond acceptors (Lipinski definition) is 7. The molecule has 3 aromatic rings. The van der Waals surface area contributed by atoms with Crippen LogP contribution < -0.4 is 20.1 Å². The number of anilines is 3. The molecule has 4 rings (SSSR count). The summed E-state index contributed by atoms with van der Waals surface area (Å²) in [6.07, 6.45) is 6.02. The van der Waals surface area contributed by atoms with Crippen LogP contribution in [-0.4, -0.2) is 28.8 Å². The standard InChI is InChI=1S/C22H22F2N4O4/c23-21(24)31-18-8-4-5-15(13-18)26-22-28-27-20(32-22)19(29)25-14-9-11-17(12-10-14)30-16-6-2-1-3-7-16/h4-5,8-13,16,21H,1-3,6-7H2,(H,25,29)(H,26,28). The summed E-state index contributed by atoms with van der Waals surface area (Å²) in [5.41, 5.74) is 0.933. The number of aromatic nitrogens is 2. The van der Waals surface area contributed by atoms with Gasteiger partial charge in [-0.3, -0.25) is 4.79 Å². The number of nitrogens with one attached hydrogen (secondary N) is 2. The van der Waals surface area contributed by atoms with Crippen LogP contribution in [-0.2, 0) is 0 Å². The molecule has 2 aromatic carbocycles. The lowest BCUT2D eigenvalue weighted by Crippen LogP contribution is -2.19. The highest BCUT2D eigenvalue weighted by Crippen LogP contribution is 2.25. The Bertz CT molecular complexity index is 1040. The smallest absolute Gasteiger partial charge is 0.387 e. The van der Waals surface area contributed by atoms with Crippen LogP contribution >= 0.6 is 0 Å². The van der Waals surface area contributed by atoms with Gasteiger partial charge in [0.2, 0.25) is 0 Å². The first kappa shape index (κ1) is 21.5. The molecule has 1 aliphatic rings. The van der Waals surface area contributed by atoms with Crippen LogP contribution in [0.15, 0.2) is 52.9 Å². The number of ether oxygens (including phenoxy) is 2. The molecule has 1 fully saturated rings. The van der Waals surface area contributed by atoms with Crippen molar-refractivity contribution in [2.24, 2.45) is 0 Å². The van der Waals surface area contributed by atoms with Gasteiger partial charge in [0.05, 0.1) is 6.10 Å². The maximum Gasteiger partial charge on any atom is 0.387 e. The lowest BCUT2D eigenvalue weighted by molar-refractivity contribution is -0.0498. The Hall–Kier alpha value is -3.69. The van der Waals surface area contributed by atoms with Crippen molar-refractivity contribution >= 4 is 23.3 Å². The predicted octanol–water partition coefficient (Wildman–Crippen LogP) is 5.38. The third kappa shape index (κ3) is 5.93. The minimum Gasteiger partial charge on any atom is -0.490 e. The SMILES string of the molecule is O=C(Nc1ccc(OC2CCCCC2)cc1)c1nnc(Nc2cccc(OC(F)F)c2)o1. The van der Waals surface area contributed by atoms with Gasteiger partial charge in [0.25, 0.3) is 0 Å². The Morgan fingerprint density at radius 2 is 1.78 bits per heavy atom. The van der Waals surface area contributed by atoms with Crippen LogP contribution in [0.1, 0.15) is 42.8 Å². The van der Waals surface area contributed by atoms with Crippen molar-refractivity contribution in [3.05, 3.63) is 54.4 Å². The number of benzene rings is 2. The van der Waals surface area contributed by atoms with E-state index in [1.165, 1.54) is 37.5 Å². The Morgan fingerprint density at radius 3 is 2.53 bits per heavy atom. The fraction of sp³-hybridized carbons (Fsp3) is 0.318. The van der Waals surface area contributed by atoms with Gasteiger partial charge >= 0.3 is 24.4 Å². The lowest BCUT2D eigenvalue weighted by Gasteiger charge is -2.23. The highest BCUT2D eigenvalue weighted by molar-refractivity contribution is 6.00. The van der Waals surface area contributed by atoms with Crippen LogP contribution in [0.3, 0.4) is 0 Å². The molecule has 2 N–H and O–H groups in total. The molecule has 1 aliphatic carbocycles. The topological polar surface area (TPSA) is 98.5 Å². The first-order chi connectivity index (χ1) is 15.5. The molecular weight excluding hydrogens is 422 g/mol. The number of halogens is 2. The third-order valence-corrected chi connectivity index (χ3v) is 4.90. The molecule has 168 valence electrons. The summed E-state index contributed by atoms with van der Waals surface area (Å²) in [4.78, 5) is 12.4. The van der Waals surface area contributed by atoms with Crippen molar-refractivity contribution in [3.8, 4) is 11.5 Å². The van der Waals surface area contributed by atoms with E-state index in [1.807, 2.05) is 0 Å². The molecule has 0 radical (unpaired) electrons. The van der Waals surface area contributed by atoms with E-state index >= 15 is 0 Å². The van der Waals surface area contributed by atoms with E-state index in [9.17, 15) is 13.6 Å². The molecule has 0 saturated heterocycles. The highest BCUT2D eigenvalue weighted by atomic mass is 19.3. The Kier molecular flexibility index (Phi) is 6.78. The van der Waals surface area contributed by atoms with Crippen molar-refractivity contribution in [2.75, 3.05) is 10.6 Å². The van der Waals surface area contributed by atoms with E-state index in [0.717, 1.165) is 18.6 Å². The van der Waals surface area contributed by atoms with Crippen molar-refractivity contribution in [1.29, 1.82) is 0 Å². The second-order valence-electron chi connectivity index (χ2n) is 7.30. The molecule has 1 amide bonds. The molecule has 1 heterocycles. The number of hydrogen-bond donors (Lipinski definition) is 2. The highest BCUT2D eigenvalue weighted by Gasteiger charge is 2.17. The van der Waals surface area contributed by atoms with Crippen LogP contribution in [0.2, 0.25) is 0 Å². The minimum atomic E-state index is -2.93. The minimum absolute atomic E-state index is 0.0293. The summed E-state index contributed by atoms with van der Waals surface area (Å²) in [7, 11) is 0. The third-order valence-electron chi connectivity index (χ3n) is 4.90. The Morgan fingerprint density at radius 1 is 1.00 bits per heavy atom. The summed E-state index contributed by atoms with van der Waals surface area (Å²) < 4.78 is 40.3. The molecule has 0 aliphatic heterocycles. The van der Waals surface area contributed by atoms with E-state index in [4.69, 9.17) is 9.15 Å². The molecule has 0 spiro atoms. The summed E-state index contributed by atoms with van der Waals surface area (Å²) >= 11 is 0. The summed E-state index contributed by atoms with van der Waals surface area (Å²) in [5, 5.41) is 12.9. The van der Waals surface area contributed by atoms with Crippen molar-refractivity contribution in [3.63, 3.8) is 0 Å². The van der Waals surface area contributed by atoms with Gasteiger partial charge in [-0.25, -0.2) is 0 Å². The first-order valence-electron chi connectivity index (χ1n) is 10.3. The first-order valence-corrected chi connectivity index (χ1v) is 10.3. The van der Waals surface area contributed by atoms with E-state index in [0.29, 0.717) is 11.4 Å². The van der Waals surface area contributed by atoms with E-state index in [1.54, 1.807) is 30.3 Å². The van der Waals surface area contributed by atoms with E-state index in [2.05, 4.69) is 25.6 Å². The summed E-state index contributed by atoms with van der Waals surface area (Å²) in [6.45, 7) is -2.93. The second kappa shape index (κ2) is 10.1. The van der Waals surface area contributed by atoms with Crippen LogP contribution in [0.5, 0.6) is 11.5 Å². The number of alkyl halides is 2. The number of rotatable bonds is 8. The Labute approximate surface area is 182 Å². The zero-order valence-electron chi connectivity index (χ0n) is 17.1. The van der Waals surface area contributed by atoms with Crippen LogP contribution in [0.4, 0.5) is 26.2 Å². The second-order valence-corrected chi connectivity index (χ2v) is 7.30. The molecule has 0 bridgehead atoms. The Balaban J connectivity index is 1.32. The molecule has 0 atom stereocenters. The molecule has 1 saturated carbocycles. The van der Waals surface area contributed by atoms with Crippen molar-refractivity contribution in [2.45, 2.75) is 44.8 Å². The number of carbonyl (C=O) groups excluding carboxylic acids is 1. The van der Waals surface area contributed by atoms with Gasteiger partial charge in [0.15, 0.2) is 0 Å².